The van der Waals surface area contributed by atoms with Crippen LogP contribution in [0.4, 0.5) is 21.9 Å². The number of carbonyl (C=O) groups is 1. The van der Waals surface area contributed by atoms with Gasteiger partial charge in [-0.05, 0) is 93.6 Å². The normalized spacial score (nSPS) is 26.8. The van der Waals surface area contributed by atoms with Crippen LogP contribution in [0, 0.1) is 0 Å². The van der Waals surface area contributed by atoms with E-state index in [1.165, 1.54) is 0 Å². The van der Waals surface area contributed by atoms with E-state index in [1.807, 2.05) is 86.5 Å². The first kappa shape index (κ1) is 35.0. The zero-order valence-corrected chi connectivity index (χ0v) is 30.7. The van der Waals surface area contributed by atoms with Crippen molar-refractivity contribution in [3.63, 3.8) is 0 Å². The van der Waals surface area contributed by atoms with Gasteiger partial charge in [-0.25, -0.2) is 14.2 Å². The van der Waals surface area contributed by atoms with E-state index in [9.17, 15) is 4.79 Å². The Hall–Kier alpha value is -5.69. The maximum atomic E-state index is 13.0. The molecule has 4 saturated heterocycles. The van der Waals surface area contributed by atoms with Crippen molar-refractivity contribution >= 4 is 23.2 Å². The Balaban J connectivity index is 0.777. The molecule has 8 atom stereocenters. The van der Waals surface area contributed by atoms with Crippen LogP contribution in [0.15, 0.2) is 72.8 Å². The average Bonchev–Trinajstić information content (AvgIpc) is 4.05. The number of ether oxygens (including phenoxy) is 6. The van der Waals surface area contributed by atoms with Crippen molar-refractivity contribution in [2.75, 3.05) is 69.7 Å². The summed E-state index contributed by atoms with van der Waals surface area (Å²) < 4.78 is 40.2. The molecule has 2 aromatic heterocycles. The van der Waals surface area contributed by atoms with Gasteiger partial charge in [-0.3, -0.25) is 5.32 Å². The van der Waals surface area contributed by atoms with Gasteiger partial charge in [0.05, 0.1) is 26.4 Å². The Morgan fingerprint density at radius 1 is 0.636 bits per heavy atom. The number of tetrazole rings is 2. The molecule has 6 heterocycles. The van der Waals surface area contributed by atoms with Gasteiger partial charge in [-0.1, -0.05) is 0 Å². The molecule has 0 saturated carbocycles. The fourth-order valence-corrected chi connectivity index (χ4v) is 7.62. The van der Waals surface area contributed by atoms with Crippen molar-refractivity contribution in [2.24, 2.45) is 0 Å². The van der Waals surface area contributed by atoms with Crippen molar-refractivity contribution in [3.05, 3.63) is 72.8 Å². The molecular weight excluding hydrogens is 710 g/mol. The molecule has 0 spiro atoms. The summed E-state index contributed by atoms with van der Waals surface area (Å²) >= 11 is 0. The van der Waals surface area contributed by atoms with Crippen LogP contribution >= 0.6 is 0 Å². The maximum absolute atomic E-state index is 13.0. The van der Waals surface area contributed by atoms with E-state index in [0.717, 1.165) is 22.5 Å². The standard InChI is InChI=1S/C37H41N11O7/c1-45(2)24-11-5-21(6-12-24)35-39-41-43-47(35)27-17-50-33-29(19-52-31(27)33)54-26-15-9-23(10-16-26)38-37(49)55-30-20-53-32-28(18-51-34(30)32)48-36(40-42-44-48)22-7-13-25(14-8-22)46(3)4/h5-16,27-34H,17-20H2,1-4H3,(H,38,49)/t27-,28-,29+,30+,31+,32+,33+,34+/m0/s1. The molecule has 0 bridgehead atoms. The summed E-state index contributed by atoms with van der Waals surface area (Å²) in [6, 6.07) is 22.6. The van der Waals surface area contributed by atoms with Crippen molar-refractivity contribution < 1.29 is 33.2 Å². The van der Waals surface area contributed by atoms with Crippen LogP contribution in [0.25, 0.3) is 22.8 Å². The van der Waals surface area contributed by atoms with Gasteiger partial charge in [0.25, 0.3) is 0 Å². The molecule has 0 radical (unpaired) electrons. The molecule has 1 amide bonds. The van der Waals surface area contributed by atoms with Crippen molar-refractivity contribution in [3.8, 4) is 28.5 Å². The summed E-state index contributed by atoms with van der Waals surface area (Å²) in [6.07, 6.45) is -2.98. The minimum Gasteiger partial charge on any atom is -0.485 e. The fraction of sp³-hybridized carbons (Fsp3) is 0.432. The van der Waals surface area contributed by atoms with E-state index >= 15 is 0 Å². The second kappa shape index (κ2) is 14.5. The predicted molar refractivity (Wildman–Crippen MR) is 197 cm³/mol. The summed E-state index contributed by atoms with van der Waals surface area (Å²) in [4.78, 5) is 17.1. The van der Waals surface area contributed by atoms with Gasteiger partial charge >= 0.3 is 6.09 Å². The molecule has 18 heteroatoms. The molecule has 5 aromatic rings. The Kier molecular flexibility index (Phi) is 9.25. The molecular formula is C37H41N11O7. The van der Waals surface area contributed by atoms with E-state index in [4.69, 9.17) is 28.4 Å². The number of carbonyl (C=O) groups excluding carboxylic acids is 1. The van der Waals surface area contributed by atoms with E-state index in [0.29, 0.717) is 42.9 Å². The number of nitrogens with one attached hydrogen (secondary N) is 1. The van der Waals surface area contributed by atoms with Crippen LogP contribution < -0.4 is 19.9 Å². The lowest BCUT2D eigenvalue weighted by atomic mass is 10.1. The molecule has 4 aliphatic heterocycles. The van der Waals surface area contributed by atoms with Gasteiger partial charge in [0, 0.05) is 56.4 Å². The van der Waals surface area contributed by atoms with Gasteiger partial charge in [0.1, 0.15) is 42.2 Å². The van der Waals surface area contributed by atoms with Crippen LogP contribution in [0.5, 0.6) is 5.75 Å². The number of nitrogens with zero attached hydrogens (tertiary/aromatic N) is 10. The van der Waals surface area contributed by atoms with Crippen molar-refractivity contribution in [1.29, 1.82) is 0 Å². The second-order valence-corrected chi connectivity index (χ2v) is 14.4. The molecule has 9 rings (SSSR count). The van der Waals surface area contributed by atoms with Crippen LogP contribution in [-0.4, -0.2) is 138 Å². The quantitative estimate of drug-likeness (QED) is 0.220. The molecule has 18 nitrogen and oxygen atoms in total. The van der Waals surface area contributed by atoms with Gasteiger partial charge in [0.15, 0.2) is 23.9 Å². The van der Waals surface area contributed by atoms with Gasteiger partial charge in [-0.2, -0.15) is 0 Å². The monoisotopic (exact) mass is 751 g/mol. The maximum Gasteiger partial charge on any atom is 0.412 e. The summed E-state index contributed by atoms with van der Waals surface area (Å²) in [6.45, 7) is 1.24. The molecule has 4 aliphatic rings. The lowest BCUT2D eigenvalue weighted by molar-refractivity contribution is 0.00774. The zero-order valence-electron chi connectivity index (χ0n) is 30.7. The minimum absolute atomic E-state index is 0.189. The van der Waals surface area contributed by atoms with E-state index in [1.54, 1.807) is 33.6 Å². The lowest BCUT2D eigenvalue weighted by Crippen LogP contribution is -2.35. The zero-order chi connectivity index (χ0) is 37.6. The average molecular weight is 752 g/mol. The largest absolute Gasteiger partial charge is 0.485 e. The Bertz CT molecular complexity index is 2110. The van der Waals surface area contributed by atoms with Gasteiger partial charge in [-0.15, -0.1) is 10.2 Å². The lowest BCUT2D eigenvalue weighted by Gasteiger charge is -2.19. The summed E-state index contributed by atoms with van der Waals surface area (Å²) in [5.41, 5.74) is 4.47. The smallest absolute Gasteiger partial charge is 0.412 e. The number of hydrogen-bond acceptors (Lipinski definition) is 15. The van der Waals surface area contributed by atoms with E-state index in [-0.39, 0.29) is 43.1 Å². The number of amides is 1. The summed E-state index contributed by atoms with van der Waals surface area (Å²) in [7, 11) is 7.97. The first-order valence-corrected chi connectivity index (χ1v) is 18.1. The third-order valence-electron chi connectivity index (χ3n) is 10.5. The predicted octanol–water partition coefficient (Wildman–Crippen LogP) is 2.87. The molecule has 55 heavy (non-hydrogen) atoms. The van der Waals surface area contributed by atoms with Crippen molar-refractivity contribution in [2.45, 2.75) is 48.7 Å². The summed E-state index contributed by atoms with van der Waals surface area (Å²) in [5, 5.41) is 27.8. The van der Waals surface area contributed by atoms with Gasteiger partial charge < -0.3 is 38.2 Å². The minimum atomic E-state index is -0.618. The topological polar surface area (TPSA) is 178 Å². The van der Waals surface area contributed by atoms with Crippen LogP contribution in [-0.2, 0) is 23.7 Å². The SMILES string of the molecule is CN(C)c1ccc(-c2nnnn2[C@H]2CO[C@H]3[C@@H]2OC[C@H]3OC(=O)Nc2ccc(O[C@@H]3CO[C@H]4[C@@H]3OC[C@@H]4n3nnnc3-c3ccc(N(C)C)cc3)cc2)cc1. The highest BCUT2D eigenvalue weighted by molar-refractivity contribution is 5.84. The number of rotatable bonds is 10. The van der Waals surface area contributed by atoms with Gasteiger partial charge in [0.2, 0.25) is 0 Å². The molecule has 1 N–H and O–H groups in total. The molecule has 4 fully saturated rings. The first-order valence-electron chi connectivity index (χ1n) is 18.1. The van der Waals surface area contributed by atoms with Crippen LogP contribution in [0.3, 0.4) is 0 Å². The van der Waals surface area contributed by atoms with Crippen molar-refractivity contribution in [1.82, 2.24) is 40.4 Å². The van der Waals surface area contributed by atoms with E-state index in [2.05, 4.69) is 36.4 Å². The number of fused-ring (bicyclic) bond motifs is 2. The number of benzene rings is 3. The second-order valence-electron chi connectivity index (χ2n) is 14.4. The fourth-order valence-electron chi connectivity index (χ4n) is 7.62. The van der Waals surface area contributed by atoms with E-state index < -0.39 is 18.3 Å². The summed E-state index contributed by atoms with van der Waals surface area (Å²) in [5.74, 6) is 1.87. The van der Waals surface area contributed by atoms with Crippen LogP contribution in [0.1, 0.15) is 12.1 Å². The third-order valence-corrected chi connectivity index (χ3v) is 10.5. The highest BCUT2D eigenvalue weighted by Gasteiger charge is 2.52. The Labute approximate surface area is 316 Å². The first-order chi connectivity index (χ1) is 26.8. The molecule has 3 aromatic carbocycles. The Morgan fingerprint density at radius 2 is 1.11 bits per heavy atom. The third kappa shape index (κ3) is 6.70. The highest BCUT2D eigenvalue weighted by atomic mass is 16.6. The van der Waals surface area contributed by atoms with Crippen LogP contribution in [0.2, 0.25) is 0 Å². The molecule has 0 aliphatic carbocycles. The molecule has 0 unspecified atom stereocenters. The highest BCUT2D eigenvalue weighted by Crippen LogP contribution is 2.39. The molecule has 286 valence electrons. The number of hydrogen-bond donors (Lipinski definition) is 1. The number of aromatic nitrogens is 8. The Morgan fingerprint density at radius 3 is 1.62 bits per heavy atom. The number of anilines is 3.